The van der Waals surface area contributed by atoms with E-state index in [0.29, 0.717) is 28.9 Å². The Morgan fingerprint density at radius 2 is 1.44 bits per heavy atom. The number of azo groups is 1. The molecule has 0 amide bonds. The number of nitrogens with one attached hydrogen (secondary N) is 2. The summed E-state index contributed by atoms with van der Waals surface area (Å²) in [4.78, 5) is 17.3. The Bertz CT molecular complexity index is 3370. The average Bonchev–Trinajstić information content (AvgIpc) is 3.17. The molecule has 1 aromatic heterocycles. The van der Waals surface area contributed by atoms with E-state index < -0.39 is 88.5 Å². The molecule has 0 saturated heterocycles. The van der Waals surface area contributed by atoms with Crippen LogP contribution in [0.5, 0.6) is 5.75 Å². The number of aromatic amines is 2. The van der Waals surface area contributed by atoms with Gasteiger partial charge in [0.2, 0.25) is 17.2 Å². The Balaban J connectivity index is 0.00000352. The molecular formula is C35H26ClN8Na3O12S4. The first-order chi connectivity index (χ1) is 28.1. The molecule has 0 bridgehead atoms. The number of aromatic nitrogens is 3. The maximum Gasteiger partial charge on any atom is 1.00 e. The van der Waals surface area contributed by atoms with E-state index in [1.807, 2.05) is 0 Å². The van der Waals surface area contributed by atoms with E-state index in [-0.39, 0.29) is 123 Å². The zero-order valence-electron chi connectivity index (χ0n) is 33.3. The molecular weight excluding hydrogens is 957 g/mol. The molecule has 0 aliphatic heterocycles. The van der Waals surface area contributed by atoms with Gasteiger partial charge in [0.05, 0.1) is 31.7 Å². The summed E-state index contributed by atoms with van der Waals surface area (Å²) >= 11 is 6.11. The molecule has 0 spiro atoms. The number of hydrogen-bond donors (Lipinski definition) is 3. The van der Waals surface area contributed by atoms with Crippen LogP contribution in [-0.2, 0) is 40.2 Å². The van der Waals surface area contributed by atoms with Gasteiger partial charge >= 0.3 is 88.7 Å². The molecule has 6 rings (SSSR count). The molecule has 0 fully saturated rings. The Morgan fingerprint density at radius 1 is 0.778 bits per heavy atom. The van der Waals surface area contributed by atoms with Crippen LogP contribution in [0.15, 0.2) is 143 Å². The van der Waals surface area contributed by atoms with Crippen molar-refractivity contribution in [3.8, 4) is 5.75 Å². The molecule has 0 unspecified atom stereocenters. The van der Waals surface area contributed by atoms with Crippen molar-refractivity contribution in [2.45, 2.75) is 26.5 Å². The van der Waals surface area contributed by atoms with Gasteiger partial charge in [-0.1, -0.05) is 42.1 Å². The second-order valence-electron chi connectivity index (χ2n) is 12.2. The van der Waals surface area contributed by atoms with Crippen LogP contribution >= 0.6 is 11.6 Å². The number of sulfone groups is 1. The van der Waals surface area contributed by atoms with E-state index in [1.165, 1.54) is 36.4 Å². The summed E-state index contributed by atoms with van der Waals surface area (Å²) in [6.07, 6.45) is 0. The van der Waals surface area contributed by atoms with E-state index in [1.54, 1.807) is 36.1 Å². The summed E-state index contributed by atoms with van der Waals surface area (Å²) in [5.41, 5.74) is -2.28. The molecule has 63 heavy (non-hydrogen) atoms. The van der Waals surface area contributed by atoms with Crippen LogP contribution in [-0.4, -0.2) is 68.8 Å². The van der Waals surface area contributed by atoms with Gasteiger partial charge in [-0.15, -0.1) is 10.2 Å². The van der Waals surface area contributed by atoms with Gasteiger partial charge < -0.3 is 19.1 Å². The van der Waals surface area contributed by atoms with Gasteiger partial charge in [0.1, 0.15) is 30.8 Å². The minimum atomic E-state index is -5.39. The van der Waals surface area contributed by atoms with E-state index in [0.717, 1.165) is 17.5 Å². The van der Waals surface area contributed by atoms with Gasteiger partial charge in [-0.25, -0.2) is 35.2 Å². The molecule has 312 valence electrons. The predicted octanol–water partition coefficient (Wildman–Crippen LogP) is -4.36. The third-order valence-electron chi connectivity index (χ3n) is 8.26. The van der Waals surface area contributed by atoms with E-state index in [2.05, 4.69) is 41.7 Å². The third kappa shape index (κ3) is 12.8. The van der Waals surface area contributed by atoms with Gasteiger partial charge in [0.15, 0.2) is 9.84 Å². The molecule has 28 heteroatoms. The molecule has 0 saturated carbocycles. The minimum absolute atomic E-state index is 0. The number of nitrogens with zero attached hydrogens (tertiary/aromatic N) is 6. The summed E-state index contributed by atoms with van der Waals surface area (Å²) in [6, 6.07) is 18.2. The SMILES string of the molecule is C=CS(=O)(=O)c1cccc(N=c2nc(N(CC)c3ccc(Cl)cc3)[nH]c(=Nc3cc(S(=O)(=O)[O-])cc4cc(S(=O)(=O)O)c(N=Nc5ccccc5S(=O)(=O)[O-])c([O-])c34)[nH]2)c1.[Na+].[Na+].[Na+]. The Morgan fingerprint density at radius 3 is 2.05 bits per heavy atom. The third-order valence-corrected chi connectivity index (χ3v) is 12.4. The first-order valence-electron chi connectivity index (χ1n) is 16.6. The van der Waals surface area contributed by atoms with Crippen LogP contribution in [0.3, 0.4) is 0 Å². The van der Waals surface area contributed by atoms with Crippen molar-refractivity contribution in [2.75, 3.05) is 11.4 Å². The van der Waals surface area contributed by atoms with Crippen molar-refractivity contribution in [3.63, 3.8) is 0 Å². The van der Waals surface area contributed by atoms with Crippen LogP contribution in [0, 0.1) is 0 Å². The van der Waals surface area contributed by atoms with Crippen molar-refractivity contribution in [1.82, 2.24) is 15.0 Å². The molecule has 20 nitrogen and oxygen atoms in total. The van der Waals surface area contributed by atoms with Crippen molar-refractivity contribution in [1.29, 1.82) is 0 Å². The molecule has 1 heterocycles. The first-order valence-corrected chi connectivity index (χ1v) is 22.8. The molecule has 0 radical (unpaired) electrons. The number of H-pyrrole nitrogens is 2. The largest absolute Gasteiger partial charge is 1.00 e. The zero-order valence-corrected chi connectivity index (χ0v) is 43.3. The fraction of sp³-hybridized carbons (Fsp3) is 0.0571. The smallest absolute Gasteiger partial charge is 0.870 e. The van der Waals surface area contributed by atoms with Crippen LogP contribution in [0.4, 0.5) is 34.4 Å². The van der Waals surface area contributed by atoms with Gasteiger partial charge in [-0.2, -0.15) is 13.4 Å². The molecule has 6 aromatic rings. The van der Waals surface area contributed by atoms with Gasteiger partial charge in [-0.3, -0.25) is 14.5 Å². The van der Waals surface area contributed by atoms with Crippen LogP contribution in [0.2, 0.25) is 5.02 Å². The Hall–Kier alpha value is -3.12. The number of halogens is 1. The van der Waals surface area contributed by atoms with Crippen LogP contribution in [0.25, 0.3) is 10.8 Å². The molecule has 3 N–H and O–H groups in total. The predicted molar refractivity (Wildman–Crippen MR) is 211 cm³/mol. The first kappa shape index (κ1) is 54.2. The maximum absolute atomic E-state index is 14.2. The summed E-state index contributed by atoms with van der Waals surface area (Å²) in [5.74, 6) is -1.35. The fourth-order valence-corrected chi connectivity index (χ4v) is 8.25. The Labute approximate surface area is 431 Å². The molecule has 0 aliphatic rings. The van der Waals surface area contributed by atoms with Gasteiger partial charge in [0.25, 0.3) is 10.1 Å². The number of rotatable bonds is 12. The summed E-state index contributed by atoms with van der Waals surface area (Å²) in [5, 5.41) is 21.5. The topological polar surface area (TPSA) is 323 Å². The second kappa shape index (κ2) is 21.5. The van der Waals surface area contributed by atoms with Crippen molar-refractivity contribution in [2.24, 2.45) is 20.2 Å². The number of fused-ring (bicyclic) bond motifs is 1. The van der Waals surface area contributed by atoms with Gasteiger partial charge in [-0.05, 0) is 85.1 Å². The molecule has 0 aliphatic carbocycles. The quantitative estimate of drug-likeness (QED) is 0.0593. The van der Waals surface area contributed by atoms with Crippen molar-refractivity contribution >= 4 is 97.0 Å². The van der Waals surface area contributed by atoms with E-state index >= 15 is 0 Å². The maximum atomic E-state index is 14.2. The summed E-state index contributed by atoms with van der Waals surface area (Å²) in [7, 11) is -19.8. The molecule has 5 aromatic carbocycles. The number of benzene rings is 5. The van der Waals surface area contributed by atoms with Crippen LogP contribution < -0.4 is 110 Å². The summed E-state index contributed by atoms with van der Waals surface area (Å²) < 4.78 is 133. The monoisotopic (exact) mass is 982 g/mol. The number of anilines is 2. The Kier molecular flexibility index (Phi) is 18.5. The van der Waals surface area contributed by atoms with E-state index in [9.17, 15) is 52.4 Å². The number of hydrogen-bond acceptors (Lipinski definition) is 17. The van der Waals surface area contributed by atoms with Crippen molar-refractivity contribution < 1.29 is 141 Å². The average molecular weight is 983 g/mol. The molecule has 0 atom stereocenters. The zero-order chi connectivity index (χ0) is 43.8. The normalized spacial score (nSPS) is 12.7. The minimum Gasteiger partial charge on any atom is -0.870 e. The van der Waals surface area contributed by atoms with Crippen LogP contribution in [0.1, 0.15) is 6.92 Å². The fourth-order valence-electron chi connectivity index (χ4n) is 5.58. The van der Waals surface area contributed by atoms with Crippen molar-refractivity contribution in [3.05, 3.63) is 119 Å². The second-order valence-corrected chi connectivity index (χ2v) is 18.6. The standard InChI is InChI=1S/C35H29ClN8O12S4.3Na/c1-3-44(23-14-12-21(36)13-15-23)35-40-33(37-22-8-7-9-24(18-22)57(46,47)4-2)39-34(41-35)38-27-19-25(58(48,49)50)16-20-17-29(60(54,55)56)31(32(45)30(20)27)43-42-26-10-5-6-11-28(26)59(51,52)53;;;/h4-19,45H,2-3H2,1H3,(H,48,49,50)(H,51,52,53)(H,54,55,56)(H2,37,38,39,40,41);;;/q;3*+1/p-3. The summed E-state index contributed by atoms with van der Waals surface area (Å²) in [6.45, 7) is 5.32. The van der Waals surface area contributed by atoms with Gasteiger partial charge in [0, 0.05) is 28.0 Å². The van der Waals surface area contributed by atoms with E-state index in [4.69, 9.17) is 11.6 Å².